The first-order chi connectivity index (χ1) is 14.7. The topological polar surface area (TPSA) is 44.8 Å². The number of fused-ring (bicyclic) bond motifs is 1. The van der Waals surface area contributed by atoms with E-state index < -0.39 is 23.8 Å². The summed E-state index contributed by atoms with van der Waals surface area (Å²) in [4.78, 5) is 12.0. The van der Waals surface area contributed by atoms with E-state index >= 15 is 0 Å². The number of carbonyl (C=O) groups excluding carboxylic acids is 1. The molecule has 164 valence electrons. The molecule has 0 N–H and O–H groups in total. The second-order valence-corrected chi connectivity index (χ2v) is 7.18. The third-order valence-electron chi connectivity index (χ3n) is 4.61. The lowest BCUT2D eigenvalue weighted by molar-refractivity contribution is -0.149. The fourth-order valence-corrected chi connectivity index (χ4v) is 3.31. The Morgan fingerprint density at radius 2 is 1.65 bits per heavy atom. The van der Waals surface area contributed by atoms with Crippen LogP contribution in [-0.2, 0) is 15.7 Å². The molecule has 0 bridgehead atoms. The zero-order valence-electron chi connectivity index (χ0n) is 16.8. The van der Waals surface area contributed by atoms with Crippen molar-refractivity contribution in [1.82, 2.24) is 0 Å². The van der Waals surface area contributed by atoms with E-state index in [2.05, 4.69) is 0 Å². The molecule has 0 aliphatic carbocycles. The molecule has 0 heterocycles. The second-order valence-electron chi connectivity index (χ2n) is 6.77. The molecule has 0 saturated heterocycles. The van der Waals surface area contributed by atoms with Crippen molar-refractivity contribution in [3.63, 3.8) is 0 Å². The Morgan fingerprint density at radius 3 is 2.23 bits per heavy atom. The van der Waals surface area contributed by atoms with Crippen LogP contribution < -0.4 is 9.47 Å². The van der Waals surface area contributed by atoms with Gasteiger partial charge in [-0.1, -0.05) is 49.2 Å². The average molecular weight is 453 g/mol. The lowest BCUT2D eigenvalue weighted by Crippen LogP contribution is -2.28. The number of halogens is 4. The summed E-state index contributed by atoms with van der Waals surface area (Å²) in [7, 11) is 1.30. The summed E-state index contributed by atoms with van der Waals surface area (Å²) >= 11 is 6.02. The molecule has 0 aromatic heterocycles. The summed E-state index contributed by atoms with van der Waals surface area (Å²) in [5.41, 5.74) is -0.858. The second kappa shape index (κ2) is 9.47. The molecule has 3 aromatic rings. The highest BCUT2D eigenvalue weighted by Gasteiger charge is 2.31. The molecule has 8 heteroatoms. The number of hydrogen-bond acceptors (Lipinski definition) is 4. The minimum Gasteiger partial charge on any atom is -0.478 e. The summed E-state index contributed by atoms with van der Waals surface area (Å²) < 4.78 is 55.2. The van der Waals surface area contributed by atoms with E-state index in [1.165, 1.54) is 13.2 Å². The smallest absolute Gasteiger partial charge is 0.416 e. The van der Waals surface area contributed by atoms with Crippen LogP contribution in [0.4, 0.5) is 13.2 Å². The largest absolute Gasteiger partial charge is 0.478 e. The molecule has 0 aliphatic rings. The quantitative estimate of drug-likeness (QED) is 0.361. The minimum atomic E-state index is -4.50. The molecule has 0 fully saturated rings. The van der Waals surface area contributed by atoms with Gasteiger partial charge in [-0.3, -0.25) is 0 Å². The van der Waals surface area contributed by atoms with E-state index in [-0.39, 0.29) is 10.8 Å². The Balaban J connectivity index is 1.95. The summed E-state index contributed by atoms with van der Waals surface area (Å²) in [6.45, 7) is 1.93. The molecule has 31 heavy (non-hydrogen) atoms. The van der Waals surface area contributed by atoms with Crippen LogP contribution in [0.5, 0.6) is 17.2 Å². The molecule has 0 saturated carbocycles. The number of carbonyl (C=O) groups is 1. The molecule has 0 aliphatic heterocycles. The molecule has 1 unspecified atom stereocenters. The number of methoxy groups -OCH3 is 1. The Labute approximate surface area is 182 Å². The van der Waals surface area contributed by atoms with E-state index in [1.54, 1.807) is 36.4 Å². The maximum absolute atomic E-state index is 12.9. The van der Waals surface area contributed by atoms with Gasteiger partial charge in [-0.15, -0.1) is 0 Å². The van der Waals surface area contributed by atoms with Crippen molar-refractivity contribution in [2.24, 2.45) is 0 Å². The molecule has 3 aromatic carbocycles. The summed E-state index contributed by atoms with van der Waals surface area (Å²) in [6, 6.07) is 13.3. The summed E-state index contributed by atoms with van der Waals surface area (Å²) in [5, 5.41) is 1.16. The van der Waals surface area contributed by atoms with Crippen LogP contribution >= 0.6 is 11.6 Å². The van der Waals surface area contributed by atoms with Gasteiger partial charge in [0.25, 0.3) is 0 Å². The van der Waals surface area contributed by atoms with Crippen LogP contribution in [0.3, 0.4) is 0 Å². The SMILES string of the molecule is CCCC(Oc1cccc2c(Oc3ccc(C(F)(F)F)cc3Cl)cccc12)C(=O)OC. The van der Waals surface area contributed by atoms with Crippen molar-refractivity contribution in [1.29, 1.82) is 0 Å². The van der Waals surface area contributed by atoms with Gasteiger partial charge in [-0.2, -0.15) is 13.2 Å². The van der Waals surface area contributed by atoms with Crippen LogP contribution in [0.25, 0.3) is 10.8 Å². The number of hydrogen-bond donors (Lipinski definition) is 0. The highest BCUT2D eigenvalue weighted by Crippen LogP contribution is 2.39. The van der Waals surface area contributed by atoms with Crippen molar-refractivity contribution in [2.45, 2.75) is 32.0 Å². The maximum atomic E-state index is 12.9. The highest BCUT2D eigenvalue weighted by atomic mass is 35.5. The van der Waals surface area contributed by atoms with Gasteiger partial charge in [0, 0.05) is 10.8 Å². The molecular formula is C23H20ClF3O4. The number of esters is 1. The van der Waals surface area contributed by atoms with Crippen molar-refractivity contribution < 1.29 is 32.2 Å². The van der Waals surface area contributed by atoms with Gasteiger partial charge < -0.3 is 14.2 Å². The Hall–Kier alpha value is -2.93. The molecule has 0 spiro atoms. The third-order valence-corrected chi connectivity index (χ3v) is 4.90. The zero-order valence-corrected chi connectivity index (χ0v) is 17.6. The van der Waals surface area contributed by atoms with Crippen LogP contribution in [0, 0.1) is 0 Å². The molecule has 4 nitrogen and oxygen atoms in total. The predicted molar refractivity (Wildman–Crippen MR) is 112 cm³/mol. The third kappa shape index (κ3) is 5.22. The van der Waals surface area contributed by atoms with Crippen molar-refractivity contribution in [3.05, 3.63) is 65.2 Å². The van der Waals surface area contributed by atoms with Gasteiger partial charge in [0.1, 0.15) is 17.2 Å². The van der Waals surface area contributed by atoms with Gasteiger partial charge >= 0.3 is 12.1 Å². The zero-order chi connectivity index (χ0) is 22.6. The van der Waals surface area contributed by atoms with Crippen molar-refractivity contribution in [3.8, 4) is 17.2 Å². The maximum Gasteiger partial charge on any atom is 0.416 e. The Morgan fingerprint density at radius 1 is 1.00 bits per heavy atom. The minimum absolute atomic E-state index is 0.0897. The van der Waals surface area contributed by atoms with Crippen LogP contribution in [-0.4, -0.2) is 19.2 Å². The average Bonchev–Trinajstić information content (AvgIpc) is 2.74. The van der Waals surface area contributed by atoms with Crippen molar-refractivity contribution >= 4 is 28.3 Å². The van der Waals surface area contributed by atoms with Gasteiger partial charge in [-0.05, 0) is 36.8 Å². The Kier molecular flexibility index (Phi) is 6.95. The van der Waals surface area contributed by atoms with Crippen LogP contribution in [0.15, 0.2) is 54.6 Å². The molecule has 3 rings (SSSR count). The van der Waals surface area contributed by atoms with Crippen LogP contribution in [0.2, 0.25) is 5.02 Å². The van der Waals surface area contributed by atoms with Crippen LogP contribution in [0.1, 0.15) is 25.3 Å². The fourth-order valence-electron chi connectivity index (χ4n) is 3.09. The first-order valence-electron chi connectivity index (χ1n) is 9.55. The summed E-state index contributed by atoms with van der Waals surface area (Å²) in [6.07, 6.45) is -4.04. The van der Waals surface area contributed by atoms with E-state index in [1.807, 2.05) is 6.92 Å². The molecule has 1 atom stereocenters. The number of rotatable bonds is 7. The predicted octanol–water partition coefficient (Wildman–Crippen LogP) is 7.02. The first-order valence-corrected chi connectivity index (χ1v) is 9.93. The fraction of sp³-hybridized carbons (Fsp3) is 0.261. The van der Waals surface area contributed by atoms with E-state index in [4.69, 9.17) is 25.8 Å². The van der Waals surface area contributed by atoms with Crippen molar-refractivity contribution in [2.75, 3.05) is 7.11 Å². The van der Waals surface area contributed by atoms with E-state index in [0.717, 1.165) is 18.6 Å². The lowest BCUT2D eigenvalue weighted by atomic mass is 10.1. The summed E-state index contributed by atoms with van der Waals surface area (Å²) in [5.74, 6) is 0.467. The standard InChI is InChI=1S/C23H20ClF3O4/c1-3-6-21(22(28)29-2)31-19-10-5-7-15-16(19)8-4-9-18(15)30-20-12-11-14(13-17(20)24)23(25,26)27/h4-5,7-13,21H,3,6H2,1-2H3. The molecular weight excluding hydrogens is 433 g/mol. The molecule has 0 amide bonds. The number of ether oxygens (including phenoxy) is 3. The normalized spacial score (nSPS) is 12.5. The lowest BCUT2D eigenvalue weighted by Gasteiger charge is -2.18. The van der Waals surface area contributed by atoms with Gasteiger partial charge in [-0.25, -0.2) is 4.79 Å². The first kappa shape index (κ1) is 22.7. The monoisotopic (exact) mass is 452 g/mol. The van der Waals surface area contributed by atoms with Gasteiger partial charge in [0.2, 0.25) is 0 Å². The van der Waals surface area contributed by atoms with Gasteiger partial charge in [0.05, 0.1) is 17.7 Å². The van der Waals surface area contributed by atoms with Gasteiger partial charge in [0.15, 0.2) is 6.10 Å². The van der Waals surface area contributed by atoms with E-state index in [0.29, 0.717) is 28.7 Å². The van der Waals surface area contributed by atoms with E-state index in [9.17, 15) is 18.0 Å². The number of benzene rings is 3. The molecule has 0 radical (unpaired) electrons. The Bertz CT molecular complexity index is 1080. The number of alkyl halides is 3. The highest BCUT2D eigenvalue weighted by molar-refractivity contribution is 6.32.